The molecule has 1 N–H and O–H groups in total. The van der Waals surface area contributed by atoms with Crippen molar-refractivity contribution >= 4 is 6.09 Å². The monoisotopic (exact) mass is 195 g/mol. The fourth-order valence-corrected chi connectivity index (χ4v) is 1.07. The smallest absolute Gasteiger partial charge is 0.409 e. The molecule has 1 aliphatic rings. The van der Waals surface area contributed by atoms with Crippen LogP contribution in [0.1, 0.15) is 6.42 Å². The van der Waals surface area contributed by atoms with Crippen molar-refractivity contribution in [3.05, 3.63) is 0 Å². The molecule has 0 aliphatic carbocycles. The molecule has 0 aromatic heterocycles. The second kappa shape index (κ2) is 4.36. The van der Waals surface area contributed by atoms with Gasteiger partial charge in [0, 0.05) is 6.54 Å². The summed E-state index contributed by atoms with van der Waals surface area (Å²) in [6.07, 6.45) is -4.63. The van der Waals surface area contributed by atoms with E-state index >= 15 is 0 Å². The van der Waals surface area contributed by atoms with E-state index < -0.39 is 18.6 Å². The molecule has 1 rings (SSSR count). The first-order valence-corrected chi connectivity index (χ1v) is 3.99. The van der Waals surface area contributed by atoms with Gasteiger partial charge < -0.3 is 14.7 Å². The lowest BCUT2D eigenvalue weighted by Crippen LogP contribution is -2.44. The normalized spacial score (nSPS) is 20.3. The predicted octanol–water partition coefficient (Wildman–Crippen LogP) is 0.455. The third-order valence-electron chi connectivity index (χ3n) is 1.75. The van der Waals surface area contributed by atoms with Crippen molar-refractivity contribution in [2.45, 2.75) is 19.0 Å². The van der Waals surface area contributed by atoms with Crippen molar-refractivity contribution in [2.24, 2.45) is 0 Å². The fourth-order valence-electron chi connectivity index (χ4n) is 1.07. The van der Waals surface area contributed by atoms with Gasteiger partial charge in [-0.05, 0) is 6.42 Å². The van der Waals surface area contributed by atoms with Gasteiger partial charge in [-0.2, -0.15) is 0 Å². The van der Waals surface area contributed by atoms with Gasteiger partial charge in [0.05, 0.1) is 13.2 Å². The van der Waals surface area contributed by atoms with Crippen LogP contribution in [0.15, 0.2) is 0 Å². The van der Waals surface area contributed by atoms with Gasteiger partial charge in [-0.3, -0.25) is 0 Å². The molecule has 1 amide bonds. The highest BCUT2D eigenvalue weighted by atomic mass is 19.3. The lowest BCUT2D eigenvalue weighted by Gasteiger charge is -2.27. The van der Waals surface area contributed by atoms with Crippen LogP contribution in [0, 0.1) is 0 Å². The number of ether oxygens (including phenoxy) is 1. The third-order valence-corrected chi connectivity index (χ3v) is 1.75. The topological polar surface area (TPSA) is 49.8 Å². The van der Waals surface area contributed by atoms with Crippen molar-refractivity contribution in [3.8, 4) is 0 Å². The van der Waals surface area contributed by atoms with Gasteiger partial charge in [0.25, 0.3) is 6.43 Å². The van der Waals surface area contributed by atoms with E-state index in [0.717, 1.165) is 4.90 Å². The minimum atomic E-state index is -2.82. The molecule has 0 spiro atoms. The predicted molar refractivity (Wildman–Crippen MR) is 39.5 cm³/mol. The van der Waals surface area contributed by atoms with Crippen LogP contribution in [0.5, 0.6) is 0 Å². The minimum Gasteiger partial charge on any atom is -0.449 e. The number of aliphatic hydroxyl groups excluding tert-OH is 1. The maximum Gasteiger partial charge on any atom is 0.409 e. The van der Waals surface area contributed by atoms with Gasteiger partial charge >= 0.3 is 6.09 Å². The lowest BCUT2D eigenvalue weighted by molar-refractivity contribution is -0.0285. The summed E-state index contributed by atoms with van der Waals surface area (Å²) in [4.78, 5) is 12.0. The summed E-state index contributed by atoms with van der Waals surface area (Å²) in [7, 11) is 0. The molecule has 1 heterocycles. The largest absolute Gasteiger partial charge is 0.449 e. The number of hydrogen-bond acceptors (Lipinski definition) is 3. The summed E-state index contributed by atoms with van der Waals surface area (Å²) >= 11 is 0. The Bertz CT molecular complexity index is 189. The summed E-state index contributed by atoms with van der Waals surface area (Å²) in [5.74, 6) is 0. The molecule has 6 heteroatoms. The molecule has 1 atom stereocenters. The molecular weight excluding hydrogens is 184 g/mol. The van der Waals surface area contributed by atoms with Crippen molar-refractivity contribution in [1.29, 1.82) is 0 Å². The molecule has 0 saturated carbocycles. The van der Waals surface area contributed by atoms with E-state index in [0.29, 0.717) is 19.6 Å². The molecule has 13 heavy (non-hydrogen) atoms. The Morgan fingerprint density at radius 3 is 2.85 bits per heavy atom. The first-order valence-electron chi connectivity index (χ1n) is 3.99. The van der Waals surface area contributed by atoms with E-state index in [1.807, 2.05) is 0 Å². The summed E-state index contributed by atoms with van der Waals surface area (Å²) < 4.78 is 28.4. The summed E-state index contributed by atoms with van der Waals surface area (Å²) in [5.41, 5.74) is 0. The van der Waals surface area contributed by atoms with E-state index in [-0.39, 0.29) is 6.54 Å². The number of cyclic esters (lactones) is 1. The fraction of sp³-hybridized carbons (Fsp3) is 0.857. The van der Waals surface area contributed by atoms with E-state index in [1.54, 1.807) is 0 Å². The molecule has 1 fully saturated rings. The standard InChI is InChI=1S/C7H11F2NO3/c8-6(9)5(11)4-10-2-1-3-13-7(10)12/h5-6,11H,1-4H2. The number of β-amino-alcohol motifs (C(OH)–C–C–N with tert-alkyl or cyclic N) is 1. The first-order chi connectivity index (χ1) is 6.11. The van der Waals surface area contributed by atoms with Gasteiger partial charge in [-0.25, -0.2) is 13.6 Å². The van der Waals surface area contributed by atoms with Crippen molar-refractivity contribution < 1.29 is 23.4 Å². The van der Waals surface area contributed by atoms with Crippen LogP contribution in [0.2, 0.25) is 0 Å². The van der Waals surface area contributed by atoms with Crippen molar-refractivity contribution in [2.75, 3.05) is 19.7 Å². The number of amides is 1. The van der Waals surface area contributed by atoms with Crippen molar-refractivity contribution in [3.63, 3.8) is 0 Å². The minimum absolute atomic E-state index is 0.320. The quantitative estimate of drug-likeness (QED) is 0.711. The van der Waals surface area contributed by atoms with Crippen LogP contribution in [0.4, 0.5) is 13.6 Å². The van der Waals surface area contributed by atoms with Gasteiger partial charge in [0.15, 0.2) is 0 Å². The van der Waals surface area contributed by atoms with E-state index in [9.17, 15) is 13.6 Å². The number of hydrogen-bond donors (Lipinski definition) is 1. The summed E-state index contributed by atoms with van der Waals surface area (Å²) in [5, 5.41) is 8.80. The molecule has 4 nitrogen and oxygen atoms in total. The number of halogens is 2. The Balaban J connectivity index is 2.38. The highest BCUT2D eigenvalue weighted by Gasteiger charge is 2.26. The Labute approximate surface area is 74.1 Å². The maximum absolute atomic E-state index is 11.9. The number of nitrogens with zero attached hydrogens (tertiary/aromatic N) is 1. The molecule has 0 aromatic rings. The lowest BCUT2D eigenvalue weighted by atomic mass is 10.3. The zero-order valence-electron chi connectivity index (χ0n) is 6.95. The van der Waals surface area contributed by atoms with Crippen LogP contribution < -0.4 is 0 Å². The number of carbonyl (C=O) groups excluding carboxylic acids is 1. The number of rotatable bonds is 3. The molecule has 1 unspecified atom stereocenters. The Morgan fingerprint density at radius 1 is 1.62 bits per heavy atom. The number of aliphatic hydroxyl groups is 1. The van der Waals surface area contributed by atoms with Crippen LogP contribution in [-0.4, -0.2) is 48.3 Å². The zero-order chi connectivity index (χ0) is 9.84. The second-order valence-electron chi connectivity index (χ2n) is 2.82. The molecule has 1 saturated heterocycles. The highest BCUT2D eigenvalue weighted by Crippen LogP contribution is 2.08. The van der Waals surface area contributed by atoms with Crippen LogP contribution in [-0.2, 0) is 4.74 Å². The molecule has 0 radical (unpaired) electrons. The Morgan fingerprint density at radius 2 is 2.31 bits per heavy atom. The number of carbonyl (C=O) groups is 1. The van der Waals surface area contributed by atoms with E-state index in [1.165, 1.54) is 0 Å². The Hall–Kier alpha value is -0.910. The highest BCUT2D eigenvalue weighted by molar-refractivity contribution is 5.68. The summed E-state index contributed by atoms with van der Waals surface area (Å²) in [6, 6.07) is 0. The number of alkyl halides is 2. The SMILES string of the molecule is O=C1OCCCN1CC(O)C(F)F. The molecule has 76 valence electrons. The maximum atomic E-state index is 11.9. The van der Waals surface area contributed by atoms with Gasteiger partial charge in [0.2, 0.25) is 0 Å². The molecule has 0 aromatic carbocycles. The third kappa shape index (κ3) is 2.80. The van der Waals surface area contributed by atoms with Crippen LogP contribution in [0.25, 0.3) is 0 Å². The molecule has 1 aliphatic heterocycles. The van der Waals surface area contributed by atoms with Gasteiger partial charge in [-0.1, -0.05) is 0 Å². The Kier molecular flexibility index (Phi) is 3.41. The van der Waals surface area contributed by atoms with E-state index in [2.05, 4.69) is 4.74 Å². The van der Waals surface area contributed by atoms with Gasteiger partial charge in [0.1, 0.15) is 6.10 Å². The second-order valence-corrected chi connectivity index (χ2v) is 2.82. The average molecular weight is 195 g/mol. The zero-order valence-corrected chi connectivity index (χ0v) is 6.95. The summed E-state index contributed by atoms with van der Waals surface area (Å²) in [6.45, 7) is 0.319. The van der Waals surface area contributed by atoms with Crippen LogP contribution >= 0.6 is 0 Å². The van der Waals surface area contributed by atoms with Gasteiger partial charge in [-0.15, -0.1) is 0 Å². The molecule has 0 bridgehead atoms. The molecular formula is C7H11F2NO3. The average Bonchev–Trinajstić information content (AvgIpc) is 2.08. The van der Waals surface area contributed by atoms with E-state index in [4.69, 9.17) is 5.11 Å². The van der Waals surface area contributed by atoms with Crippen molar-refractivity contribution in [1.82, 2.24) is 4.90 Å². The van der Waals surface area contributed by atoms with Crippen LogP contribution in [0.3, 0.4) is 0 Å². The first kappa shape index (κ1) is 10.2.